The lowest BCUT2D eigenvalue weighted by atomic mass is 10.1. The molecule has 1 saturated heterocycles. The Morgan fingerprint density at radius 2 is 2.39 bits per heavy atom. The van der Waals surface area contributed by atoms with E-state index in [0.29, 0.717) is 30.8 Å². The molecule has 1 aliphatic rings. The second kappa shape index (κ2) is 5.52. The first kappa shape index (κ1) is 12.4. The Kier molecular flexibility index (Phi) is 3.80. The van der Waals surface area contributed by atoms with Crippen molar-refractivity contribution in [1.82, 2.24) is 0 Å². The first-order valence-corrected chi connectivity index (χ1v) is 5.93. The maximum atomic E-state index is 11.9. The zero-order chi connectivity index (χ0) is 13.0. The van der Waals surface area contributed by atoms with Gasteiger partial charge in [0.1, 0.15) is 6.10 Å². The maximum Gasteiger partial charge on any atom is 0.414 e. The van der Waals surface area contributed by atoms with Gasteiger partial charge in [-0.3, -0.25) is 4.90 Å². The van der Waals surface area contributed by atoms with E-state index in [2.05, 4.69) is 6.07 Å². The number of anilines is 1. The third-order valence-electron chi connectivity index (χ3n) is 2.94. The molecule has 2 N–H and O–H groups in total. The zero-order valence-electron chi connectivity index (χ0n) is 10.0. The van der Waals surface area contributed by atoms with Crippen LogP contribution in [0.5, 0.6) is 0 Å². The Balaban J connectivity index is 2.11. The molecule has 5 nitrogen and oxygen atoms in total. The number of hydrogen-bond donors (Lipinski definition) is 1. The fraction of sp³-hybridized carbons (Fsp3) is 0.385. The molecular formula is C13H15N3O2. The van der Waals surface area contributed by atoms with Gasteiger partial charge in [-0.25, -0.2) is 4.79 Å². The molecule has 1 aromatic rings. The molecule has 0 radical (unpaired) electrons. The van der Waals surface area contributed by atoms with Gasteiger partial charge in [0.25, 0.3) is 0 Å². The third-order valence-corrected chi connectivity index (χ3v) is 2.94. The van der Waals surface area contributed by atoms with E-state index in [9.17, 15) is 4.79 Å². The highest BCUT2D eigenvalue weighted by atomic mass is 16.6. The van der Waals surface area contributed by atoms with Crippen molar-refractivity contribution < 1.29 is 9.53 Å². The summed E-state index contributed by atoms with van der Waals surface area (Å²) >= 11 is 0. The molecule has 0 spiro atoms. The van der Waals surface area contributed by atoms with E-state index in [-0.39, 0.29) is 12.2 Å². The SMILES string of the molecule is N#Cc1cccc(N2CCC(CCN)OC2=O)c1. The highest BCUT2D eigenvalue weighted by Gasteiger charge is 2.27. The van der Waals surface area contributed by atoms with E-state index in [1.807, 2.05) is 0 Å². The number of benzene rings is 1. The fourth-order valence-electron chi connectivity index (χ4n) is 2.00. The lowest BCUT2D eigenvalue weighted by molar-refractivity contribution is 0.0807. The summed E-state index contributed by atoms with van der Waals surface area (Å²) in [6.07, 6.45) is 1.00. The summed E-state index contributed by atoms with van der Waals surface area (Å²) in [5, 5.41) is 8.84. The summed E-state index contributed by atoms with van der Waals surface area (Å²) in [4.78, 5) is 13.4. The van der Waals surface area contributed by atoms with E-state index in [1.54, 1.807) is 29.2 Å². The normalized spacial score (nSPS) is 19.2. The quantitative estimate of drug-likeness (QED) is 0.877. The van der Waals surface area contributed by atoms with Gasteiger partial charge in [-0.15, -0.1) is 0 Å². The number of carbonyl (C=O) groups excluding carboxylic acids is 1. The standard InChI is InChI=1S/C13H15N3O2/c14-6-4-12-5-7-16(13(17)18-12)11-3-1-2-10(8-11)9-15/h1-3,8,12H,4-7,14H2. The first-order chi connectivity index (χ1) is 8.74. The smallest absolute Gasteiger partial charge is 0.414 e. The monoisotopic (exact) mass is 245 g/mol. The van der Waals surface area contributed by atoms with Crippen LogP contribution in [0.1, 0.15) is 18.4 Å². The number of hydrogen-bond acceptors (Lipinski definition) is 4. The van der Waals surface area contributed by atoms with Crippen molar-refractivity contribution in [3.8, 4) is 6.07 Å². The third kappa shape index (κ3) is 2.60. The van der Waals surface area contributed by atoms with E-state index in [0.717, 1.165) is 6.42 Å². The van der Waals surface area contributed by atoms with Crippen LogP contribution in [0.25, 0.3) is 0 Å². The lowest BCUT2D eigenvalue weighted by Crippen LogP contribution is -2.42. The van der Waals surface area contributed by atoms with Gasteiger partial charge in [-0.05, 0) is 31.2 Å². The molecule has 94 valence electrons. The molecule has 1 aromatic carbocycles. The molecule has 18 heavy (non-hydrogen) atoms. The number of cyclic esters (lactones) is 1. The van der Waals surface area contributed by atoms with Crippen molar-refractivity contribution in [1.29, 1.82) is 5.26 Å². The van der Waals surface area contributed by atoms with Crippen LogP contribution in [-0.2, 0) is 4.74 Å². The average molecular weight is 245 g/mol. The molecule has 5 heteroatoms. The highest BCUT2D eigenvalue weighted by molar-refractivity contribution is 5.88. The summed E-state index contributed by atoms with van der Waals surface area (Å²) in [6, 6.07) is 9.00. The van der Waals surface area contributed by atoms with Crippen LogP contribution in [0.15, 0.2) is 24.3 Å². The fourth-order valence-corrected chi connectivity index (χ4v) is 2.00. The maximum absolute atomic E-state index is 11.9. The van der Waals surface area contributed by atoms with Crippen molar-refractivity contribution in [2.24, 2.45) is 5.73 Å². The van der Waals surface area contributed by atoms with Crippen molar-refractivity contribution in [2.45, 2.75) is 18.9 Å². The molecular weight excluding hydrogens is 230 g/mol. The van der Waals surface area contributed by atoms with Crippen molar-refractivity contribution in [2.75, 3.05) is 18.0 Å². The Bertz CT molecular complexity index is 481. The number of nitrogens with two attached hydrogens (primary N) is 1. The Hall–Kier alpha value is -2.06. The van der Waals surface area contributed by atoms with E-state index < -0.39 is 0 Å². The topological polar surface area (TPSA) is 79.3 Å². The van der Waals surface area contributed by atoms with Crippen molar-refractivity contribution in [3.05, 3.63) is 29.8 Å². The van der Waals surface area contributed by atoms with Crippen molar-refractivity contribution >= 4 is 11.8 Å². The van der Waals surface area contributed by atoms with Crippen LogP contribution in [0.2, 0.25) is 0 Å². The molecule has 0 aliphatic carbocycles. The lowest BCUT2D eigenvalue weighted by Gasteiger charge is -2.31. The number of nitrogens with zero attached hydrogens (tertiary/aromatic N) is 2. The Morgan fingerprint density at radius 1 is 1.56 bits per heavy atom. The van der Waals surface area contributed by atoms with Gasteiger partial charge in [0.15, 0.2) is 0 Å². The number of carbonyl (C=O) groups is 1. The van der Waals surface area contributed by atoms with Crippen LogP contribution in [0, 0.1) is 11.3 Å². The number of amides is 1. The first-order valence-electron chi connectivity index (χ1n) is 5.93. The molecule has 1 amide bonds. The largest absolute Gasteiger partial charge is 0.446 e. The minimum Gasteiger partial charge on any atom is -0.446 e. The summed E-state index contributed by atoms with van der Waals surface area (Å²) < 4.78 is 5.29. The van der Waals surface area contributed by atoms with Gasteiger partial charge in [-0.2, -0.15) is 5.26 Å². The molecule has 1 unspecified atom stereocenters. The van der Waals surface area contributed by atoms with Gasteiger partial charge in [0, 0.05) is 18.7 Å². The summed E-state index contributed by atoms with van der Waals surface area (Å²) in [6.45, 7) is 1.11. The average Bonchev–Trinajstić information content (AvgIpc) is 2.39. The molecule has 1 heterocycles. The number of nitriles is 1. The molecule has 0 bridgehead atoms. The molecule has 1 fully saturated rings. The molecule has 1 atom stereocenters. The summed E-state index contributed by atoms with van der Waals surface area (Å²) in [5.74, 6) is 0. The highest BCUT2D eigenvalue weighted by Crippen LogP contribution is 2.22. The minimum atomic E-state index is -0.366. The van der Waals surface area contributed by atoms with Crippen LogP contribution in [0.3, 0.4) is 0 Å². The molecule has 1 aliphatic heterocycles. The number of rotatable bonds is 3. The van der Waals surface area contributed by atoms with Crippen LogP contribution >= 0.6 is 0 Å². The predicted molar refractivity (Wildman–Crippen MR) is 67.1 cm³/mol. The molecule has 2 rings (SSSR count). The van der Waals surface area contributed by atoms with Crippen LogP contribution in [-0.4, -0.2) is 25.3 Å². The van der Waals surface area contributed by atoms with Gasteiger partial charge in [0.05, 0.1) is 11.6 Å². The van der Waals surface area contributed by atoms with Gasteiger partial charge in [0.2, 0.25) is 0 Å². The second-order valence-corrected chi connectivity index (χ2v) is 4.19. The van der Waals surface area contributed by atoms with Crippen LogP contribution in [0.4, 0.5) is 10.5 Å². The summed E-state index contributed by atoms with van der Waals surface area (Å²) in [5.41, 5.74) is 6.68. The Morgan fingerprint density at radius 3 is 3.06 bits per heavy atom. The predicted octanol–water partition coefficient (Wildman–Crippen LogP) is 1.62. The summed E-state index contributed by atoms with van der Waals surface area (Å²) in [7, 11) is 0. The second-order valence-electron chi connectivity index (χ2n) is 4.19. The number of ether oxygens (including phenoxy) is 1. The minimum absolute atomic E-state index is 0.0853. The van der Waals surface area contributed by atoms with Gasteiger partial charge in [-0.1, -0.05) is 6.07 Å². The molecule has 0 aromatic heterocycles. The van der Waals surface area contributed by atoms with Crippen molar-refractivity contribution in [3.63, 3.8) is 0 Å². The Labute approximate surface area is 106 Å². The van der Waals surface area contributed by atoms with Gasteiger partial charge >= 0.3 is 6.09 Å². The zero-order valence-corrected chi connectivity index (χ0v) is 10.0. The van der Waals surface area contributed by atoms with E-state index >= 15 is 0 Å². The van der Waals surface area contributed by atoms with E-state index in [1.165, 1.54) is 0 Å². The van der Waals surface area contributed by atoms with Crippen LogP contribution < -0.4 is 10.6 Å². The van der Waals surface area contributed by atoms with E-state index in [4.69, 9.17) is 15.7 Å². The van der Waals surface area contributed by atoms with Gasteiger partial charge < -0.3 is 10.5 Å². The molecule has 0 saturated carbocycles.